The molecule has 100 valence electrons. The van der Waals surface area contributed by atoms with Gasteiger partial charge in [-0.1, -0.05) is 18.5 Å². The fourth-order valence-electron chi connectivity index (χ4n) is 1.35. The van der Waals surface area contributed by atoms with E-state index in [0.717, 1.165) is 0 Å². The Morgan fingerprint density at radius 2 is 2.00 bits per heavy atom. The summed E-state index contributed by atoms with van der Waals surface area (Å²) in [5.74, 6) is -0.319. The molecule has 1 aromatic rings. The van der Waals surface area contributed by atoms with Crippen molar-refractivity contribution in [2.45, 2.75) is 6.92 Å². The zero-order valence-electron chi connectivity index (χ0n) is 10.5. The van der Waals surface area contributed by atoms with Crippen LogP contribution < -0.4 is 14.8 Å². The number of hydrogen-bond donors (Lipinski definition) is 2. The van der Waals surface area contributed by atoms with Crippen molar-refractivity contribution in [1.29, 1.82) is 0 Å². The minimum Gasteiger partial charge on any atom is -0.495 e. The summed E-state index contributed by atoms with van der Waals surface area (Å²) in [7, 11) is 3.03. The molecule has 0 saturated carbocycles. The molecule has 2 N–H and O–H groups in total. The van der Waals surface area contributed by atoms with Gasteiger partial charge in [0.15, 0.2) is 0 Å². The summed E-state index contributed by atoms with van der Waals surface area (Å²) in [4.78, 5) is 10.7. The number of carboxylic acids is 1. The van der Waals surface area contributed by atoms with Crippen molar-refractivity contribution in [3.8, 4) is 11.5 Å². The monoisotopic (exact) mass is 273 g/mol. The van der Waals surface area contributed by atoms with Crippen molar-refractivity contribution in [1.82, 2.24) is 0 Å². The van der Waals surface area contributed by atoms with Gasteiger partial charge in [0.05, 0.1) is 30.8 Å². The Morgan fingerprint density at radius 3 is 2.50 bits per heavy atom. The number of carboxylic acid groups (broad SMARTS) is 1. The molecule has 1 aromatic carbocycles. The highest BCUT2D eigenvalue weighted by Crippen LogP contribution is 2.35. The van der Waals surface area contributed by atoms with Crippen molar-refractivity contribution >= 4 is 23.3 Å². The number of methoxy groups -OCH3 is 2. The van der Waals surface area contributed by atoms with Crippen LogP contribution in [0.15, 0.2) is 12.1 Å². The maximum atomic E-state index is 10.7. The first-order valence-corrected chi connectivity index (χ1v) is 5.75. The third-order valence-electron chi connectivity index (χ3n) is 2.49. The number of benzene rings is 1. The SMILES string of the molecule is COc1cc(NCC(C)C(=O)O)c(OC)cc1Cl. The summed E-state index contributed by atoms with van der Waals surface area (Å²) in [6, 6.07) is 3.30. The first-order valence-electron chi connectivity index (χ1n) is 5.37. The van der Waals surface area contributed by atoms with Gasteiger partial charge in [-0.3, -0.25) is 4.79 Å². The van der Waals surface area contributed by atoms with Gasteiger partial charge in [0.25, 0.3) is 0 Å². The van der Waals surface area contributed by atoms with E-state index >= 15 is 0 Å². The number of aliphatic carboxylic acids is 1. The molecule has 0 aromatic heterocycles. The van der Waals surface area contributed by atoms with Crippen LogP contribution in [0.5, 0.6) is 11.5 Å². The largest absolute Gasteiger partial charge is 0.495 e. The number of anilines is 1. The fraction of sp³-hybridized carbons (Fsp3) is 0.417. The van der Waals surface area contributed by atoms with Gasteiger partial charge in [0, 0.05) is 18.7 Å². The van der Waals surface area contributed by atoms with E-state index in [9.17, 15) is 4.79 Å². The lowest BCUT2D eigenvalue weighted by Gasteiger charge is -2.15. The average Bonchev–Trinajstić information content (AvgIpc) is 2.36. The molecule has 0 aliphatic heterocycles. The minimum absolute atomic E-state index is 0.288. The quantitative estimate of drug-likeness (QED) is 0.833. The number of rotatable bonds is 6. The Hall–Kier alpha value is -1.62. The van der Waals surface area contributed by atoms with E-state index in [1.807, 2.05) is 0 Å². The van der Waals surface area contributed by atoms with Gasteiger partial charge < -0.3 is 19.9 Å². The third kappa shape index (κ3) is 3.43. The first-order chi connectivity index (χ1) is 8.49. The van der Waals surface area contributed by atoms with E-state index in [0.29, 0.717) is 22.2 Å². The molecule has 0 aliphatic rings. The third-order valence-corrected chi connectivity index (χ3v) is 2.79. The fourth-order valence-corrected chi connectivity index (χ4v) is 1.58. The summed E-state index contributed by atoms with van der Waals surface area (Å²) in [5, 5.41) is 12.3. The molecule has 0 amide bonds. The molecule has 0 saturated heterocycles. The molecule has 1 unspecified atom stereocenters. The lowest BCUT2D eigenvalue weighted by Crippen LogP contribution is -2.19. The Labute approximate surface area is 111 Å². The van der Waals surface area contributed by atoms with Crippen molar-refractivity contribution in [3.63, 3.8) is 0 Å². The van der Waals surface area contributed by atoms with Crippen LogP contribution in [-0.2, 0) is 4.79 Å². The van der Waals surface area contributed by atoms with E-state index in [1.54, 1.807) is 19.1 Å². The lowest BCUT2D eigenvalue weighted by molar-refractivity contribution is -0.140. The van der Waals surface area contributed by atoms with E-state index in [-0.39, 0.29) is 6.54 Å². The molecule has 0 bridgehead atoms. The predicted octanol–water partition coefficient (Wildman–Crippen LogP) is 2.49. The summed E-state index contributed by atoms with van der Waals surface area (Å²) < 4.78 is 10.3. The maximum absolute atomic E-state index is 10.7. The van der Waals surface area contributed by atoms with E-state index in [4.69, 9.17) is 26.2 Å². The molecule has 0 spiro atoms. The predicted molar refractivity (Wildman–Crippen MR) is 69.8 cm³/mol. The Morgan fingerprint density at radius 1 is 1.39 bits per heavy atom. The van der Waals surface area contributed by atoms with Crippen LogP contribution in [0.25, 0.3) is 0 Å². The number of ether oxygens (including phenoxy) is 2. The summed E-state index contributed by atoms with van der Waals surface area (Å²) in [5.41, 5.74) is 0.645. The van der Waals surface area contributed by atoms with Gasteiger partial charge in [-0.2, -0.15) is 0 Å². The number of carbonyl (C=O) groups is 1. The van der Waals surface area contributed by atoms with Crippen molar-refractivity contribution in [3.05, 3.63) is 17.2 Å². The second-order valence-electron chi connectivity index (χ2n) is 3.81. The highest BCUT2D eigenvalue weighted by atomic mass is 35.5. The molecular formula is C12H16ClNO4. The molecule has 0 heterocycles. The van der Waals surface area contributed by atoms with Gasteiger partial charge >= 0.3 is 5.97 Å². The van der Waals surface area contributed by atoms with Crippen LogP contribution >= 0.6 is 11.6 Å². The van der Waals surface area contributed by atoms with E-state index in [2.05, 4.69) is 5.32 Å². The molecule has 0 radical (unpaired) electrons. The van der Waals surface area contributed by atoms with Gasteiger partial charge in [0.1, 0.15) is 11.5 Å². The second kappa shape index (κ2) is 6.35. The van der Waals surface area contributed by atoms with E-state index in [1.165, 1.54) is 14.2 Å². The topological polar surface area (TPSA) is 67.8 Å². The molecule has 0 fully saturated rings. The summed E-state index contributed by atoms with van der Waals surface area (Å²) in [6.45, 7) is 1.91. The van der Waals surface area contributed by atoms with Crippen LogP contribution in [-0.4, -0.2) is 31.8 Å². The zero-order valence-corrected chi connectivity index (χ0v) is 11.2. The Kier molecular flexibility index (Phi) is 5.09. The maximum Gasteiger partial charge on any atom is 0.308 e. The zero-order chi connectivity index (χ0) is 13.7. The van der Waals surface area contributed by atoms with Crippen molar-refractivity contribution < 1.29 is 19.4 Å². The summed E-state index contributed by atoms with van der Waals surface area (Å²) >= 11 is 5.97. The van der Waals surface area contributed by atoms with Gasteiger partial charge in [-0.15, -0.1) is 0 Å². The van der Waals surface area contributed by atoms with E-state index < -0.39 is 11.9 Å². The highest BCUT2D eigenvalue weighted by molar-refractivity contribution is 6.32. The molecule has 1 atom stereocenters. The standard InChI is InChI=1S/C12H16ClNO4/c1-7(12(15)16)6-14-9-5-10(17-2)8(13)4-11(9)18-3/h4-5,7,14H,6H2,1-3H3,(H,15,16). The Bertz CT molecular complexity index is 436. The normalized spacial score (nSPS) is 11.8. The minimum atomic E-state index is -0.859. The van der Waals surface area contributed by atoms with Gasteiger partial charge in [-0.25, -0.2) is 0 Å². The van der Waals surface area contributed by atoms with Gasteiger partial charge in [-0.05, 0) is 0 Å². The number of nitrogens with one attached hydrogen (secondary N) is 1. The molecule has 18 heavy (non-hydrogen) atoms. The Balaban J connectivity index is 2.89. The van der Waals surface area contributed by atoms with Crippen molar-refractivity contribution in [2.75, 3.05) is 26.1 Å². The molecular weight excluding hydrogens is 258 g/mol. The smallest absolute Gasteiger partial charge is 0.308 e. The average molecular weight is 274 g/mol. The van der Waals surface area contributed by atoms with Crippen LogP contribution in [0.1, 0.15) is 6.92 Å². The lowest BCUT2D eigenvalue weighted by atomic mass is 10.2. The number of halogens is 1. The van der Waals surface area contributed by atoms with Crippen LogP contribution in [0.4, 0.5) is 5.69 Å². The number of hydrogen-bond acceptors (Lipinski definition) is 4. The molecule has 1 rings (SSSR count). The van der Waals surface area contributed by atoms with Crippen LogP contribution in [0, 0.1) is 5.92 Å². The molecule has 5 nitrogen and oxygen atoms in total. The van der Waals surface area contributed by atoms with Crippen molar-refractivity contribution in [2.24, 2.45) is 5.92 Å². The molecule has 6 heteroatoms. The van der Waals surface area contributed by atoms with Crippen LogP contribution in [0.2, 0.25) is 5.02 Å². The highest BCUT2D eigenvalue weighted by Gasteiger charge is 2.13. The van der Waals surface area contributed by atoms with Gasteiger partial charge in [0.2, 0.25) is 0 Å². The first kappa shape index (κ1) is 14.4. The summed E-state index contributed by atoms with van der Waals surface area (Å²) in [6.07, 6.45) is 0. The molecule has 0 aliphatic carbocycles. The second-order valence-corrected chi connectivity index (χ2v) is 4.21. The van der Waals surface area contributed by atoms with Crippen LogP contribution in [0.3, 0.4) is 0 Å².